The molecule has 78 valence electrons. The van der Waals surface area contributed by atoms with Crippen molar-refractivity contribution in [2.45, 2.75) is 13.3 Å². The van der Waals surface area contributed by atoms with Gasteiger partial charge in [-0.15, -0.1) is 0 Å². The van der Waals surface area contributed by atoms with E-state index in [0.29, 0.717) is 6.61 Å². The zero-order valence-electron chi connectivity index (χ0n) is 8.50. The summed E-state index contributed by atoms with van der Waals surface area (Å²) in [6.07, 6.45) is 0.144. The molecule has 0 amide bonds. The third-order valence-electron chi connectivity index (χ3n) is 1.63. The molecule has 0 aromatic heterocycles. The maximum absolute atomic E-state index is 10.6. The molecule has 0 radical (unpaired) electrons. The monoisotopic (exact) mass is 190 g/mol. The Morgan fingerprint density at radius 3 is 2.77 bits per heavy atom. The van der Waals surface area contributed by atoms with E-state index in [1.54, 1.807) is 0 Å². The fraction of sp³-hybridized carbons (Fsp3) is 0.875. The molecule has 0 aromatic carbocycles. The minimum Gasteiger partial charge on any atom is -0.433 e. The molecule has 0 saturated carbocycles. The molecule has 5 nitrogen and oxygen atoms in total. The van der Waals surface area contributed by atoms with E-state index in [9.17, 15) is 4.79 Å². The van der Waals surface area contributed by atoms with Crippen LogP contribution in [0.5, 0.6) is 0 Å². The van der Waals surface area contributed by atoms with E-state index < -0.39 is 6.16 Å². The Labute approximate surface area is 78.9 Å². The van der Waals surface area contributed by atoms with Crippen LogP contribution in [-0.2, 0) is 9.57 Å². The van der Waals surface area contributed by atoms with Crippen LogP contribution in [0.25, 0.3) is 0 Å². The summed E-state index contributed by atoms with van der Waals surface area (Å²) in [6, 6.07) is 0. The Morgan fingerprint density at radius 1 is 1.54 bits per heavy atom. The van der Waals surface area contributed by atoms with Gasteiger partial charge in [-0.25, -0.2) is 4.79 Å². The highest BCUT2D eigenvalue weighted by atomic mass is 16.8. The topological polar surface area (TPSA) is 50.8 Å². The summed E-state index contributed by atoms with van der Waals surface area (Å²) in [5, 5.41) is 0. The molecule has 0 unspecified atom stereocenters. The first kappa shape index (κ1) is 12.2. The lowest BCUT2D eigenvalue weighted by Gasteiger charge is -2.12. The standard InChI is InChI=1S/C8H18N2O3/c1-4-10(3)6-5-7-12-8(11)13-9-2/h9H,4-7H2,1-3H3. The SMILES string of the molecule is CCN(C)CCCOC(=O)ONC. The molecule has 0 aliphatic carbocycles. The van der Waals surface area contributed by atoms with Gasteiger partial charge in [0.15, 0.2) is 0 Å². The van der Waals surface area contributed by atoms with Crippen molar-refractivity contribution in [3.8, 4) is 0 Å². The lowest BCUT2D eigenvalue weighted by molar-refractivity contribution is 0.0229. The molecule has 0 bridgehead atoms. The van der Waals surface area contributed by atoms with Crippen molar-refractivity contribution in [2.24, 2.45) is 0 Å². The fourth-order valence-electron chi connectivity index (χ4n) is 0.761. The molecular formula is C8H18N2O3. The van der Waals surface area contributed by atoms with Crippen molar-refractivity contribution in [3.63, 3.8) is 0 Å². The van der Waals surface area contributed by atoms with E-state index in [0.717, 1.165) is 19.5 Å². The summed E-state index contributed by atoms with van der Waals surface area (Å²) in [7, 11) is 3.53. The molecular weight excluding hydrogens is 172 g/mol. The van der Waals surface area contributed by atoms with Gasteiger partial charge in [-0.2, -0.15) is 5.48 Å². The zero-order chi connectivity index (χ0) is 10.1. The van der Waals surface area contributed by atoms with Crippen LogP contribution in [0.1, 0.15) is 13.3 Å². The first-order valence-corrected chi connectivity index (χ1v) is 4.39. The van der Waals surface area contributed by atoms with Gasteiger partial charge < -0.3 is 14.5 Å². The Balaban J connectivity index is 3.20. The molecule has 13 heavy (non-hydrogen) atoms. The van der Waals surface area contributed by atoms with Gasteiger partial charge in [-0.1, -0.05) is 6.92 Å². The van der Waals surface area contributed by atoms with Gasteiger partial charge in [0.05, 0.1) is 6.61 Å². The van der Waals surface area contributed by atoms with Crippen molar-refractivity contribution in [1.82, 2.24) is 10.4 Å². The summed E-state index contributed by atoms with van der Waals surface area (Å²) in [5.41, 5.74) is 2.24. The van der Waals surface area contributed by atoms with E-state index in [4.69, 9.17) is 4.74 Å². The minimum atomic E-state index is -0.679. The predicted molar refractivity (Wildman–Crippen MR) is 49.3 cm³/mol. The first-order chi connectivity index (χ1) is 6.20. The van der Waals surface area contributed by atoms with Gasteiger partial charge in [0.2, 0.25) is 0 Å². The second-order valence-electron chi connectivity index (χ2n) is 2.65. The van der Waals surface area contributed by atoms with Crippen LogP contribution < -0.4 is 5.48 Å². The van der Waals surface area contributed by atoms with Gasteiger partial charge in [0, 0.05) is 13.6 Å². The number of carbonyl (C=O) groups is 1. The van der Waals surface area contributed by atoms with E-state index in [-0.39, 0.29) is 0 Å². The van der Waals surface area contributed by atoms with Crippen molar-refractivity contribution >= 4 is 6.16 Å². The molecule has 0 saturated heterocycles. The van der Waals surface area contributed by atoms with Crippen LogP contribution >= 0.6 is 0 Å². The normalized spacial score (nSPS) is 10.2. The van der Waals surface area contributed by atoms with Crippen LogP contribution in [0.3, 0.4) is 0 Å². The molecule has 0 fully saturated rings. The number of hydroxylamine groups is 1. The van der Waals surface area contributed by atoms with Gasteiger partial charge >= 0.3 is 6.16 Å². The third-order valence-corrected chi connectivity index (χ3v) is 1.63. The molecule has 0 aliphatic heterocycles. The summed E-state index contributed by atoms with van der Waals surface area (Å²) in [4.78, 5) is 17.1. The van der Waals surface area contributed by atoms with Crippen LogP contribution in [-0.4, -0.2) is 44.8 Å². The van der Waals surface area contributed by atoms with E-state index in [2.05, 4.69) is 22.1 Å². The van der Waals surface area contributed by atoms with Crippen molar-refractivity contribution in [1.29, 1.82) is 0 Å². The molecule has 1 N–H and O–H groups in total. The maximum Gasteiger partial charge on any atom is 0.527 e. The summed E-state index contributed by atoms with van der Waals surface area (Å²) in [6.45, 7) is 4.39. The van der Waals surface area contributed by atoms with Gasteiger partial charge in [-0.3, -0.25) is 0 Å². The predicted octanol–water partition coefficient (Wildman–Crippen LogP) is 0.616. The molecule has 5 heteroatoms. The Bertz CT molecular complexity index is 141. The largest absolute Gasteiger partial charge is 0.527 e. The number of hydrogen-bond donors (Lipinski definition) is 1. The second kappa shape index (κ2) is 7.82. The molecule has 0 rings (SSSR count). The van der Waals surface area contributed by atoms with Crippen molar-refractivity contribution < 1.29 is 14.4 Å². The first-order valence-electron chi connectivity index (χ1n) is 4.39. The summed E-state index contributed by atoms with van der Waals surface area (Å²) < 4.78 is 4.73. The summed E-state index contributed by atoms with van der Waals surface area (Å²) in [5.74, 6) is 0. The Hall–Kier alpha value is -0.810. The number of carbonyl (C=O) groups excluding carboxylic acids is 1. The van der Waals surface area contributed by atoms with Crippen molar-refractivity contribution in [2.75, 3.05) is 33.8 Å². The number of rotatable bonds is 6. The van der Waals surface area contributed by atoms with Crippen LogP contribution in [0.15, 0.2) is 0 Å². The number of hydrogen-bond acceptors (Lipinski definition) is 5. The smallest absolute Gasteiger partial charge is 0.433 e. The summed E-state index contributed by atoms with van der Waals surface area (Å²) >= 11 is 0. The average Bonchev–Trinajstić information content (AvgIpc) is 2.12. The average molecular weight is 190 g/mol. The van der Waals surface area contributed by atoms with E-state index >= 15 is 0 Å². The van der Waals surface area contributed by atoms with Gasteiger partial charge in [0.1, 0.15) is 0 Å². The number of nitrogens with one attached hydrogen (secondary N) is 1. The maximum atomic E-state index is 10.6. The zero-order valence-corrected chi connectivity index (χ0v) is 8.50. The van der Waals surface area contributed by atoms with Gasteiger partial charge in [0.25, 0.3) is 0 Å². The van der Waals surface area contributed by atoms with Crippen LogP contribution in [0.4, 0.5) is 4.79 Å². The van der Waals surface area contributed by atoms with E-state index in [1.165, 1.54) is 7.05 Å². The lowest BCUT2D eigenvalue weighted by atomic mass is 10.4. The molecule has 0 aliphatic rings. The highest BCUT2D eigenvalue weighted by molar-refractivity contribution is 5.59. The van der Waals surface area contributed by atoms with Gasteiger partial charge in [-0.05, 0) is 20.0 Å². The Kier molecular flexibility index (Phi) is 7.33. The molecule has 0 aromatic rings. The Morgan fingerprint density at radius 2 is 2.23 bits per heavy atom. The molecule has 0 heterocycles. The molecule has 0 spiro atoms. The number of nitrogens with zero attached hydrogens (tertiary/aromatic N) is 1. The van der Waals surface area contributed by atoms with Crippen LogP contribution in [0, 0.1) is 0 Å². The highest BCUT2D eigenvalue weighted by Gasteiger charge is 2.01. The minimum absolute atomic E-state index is 0.394. The molecule has 0 atom stereocenters. The second-order valence-corrected chi connectivity index (χ2v) is 2.65. The quantitative estimate of drug-likeness (QED) is 0.378. The lowest BCUT2D eigenvalue weighted by Crippen LogP contribution is -2.22. The van der Waals surface area contributed by atoms with Crippen molar-refractivity contribution in [3.05, 3.63) is 0 Å². The van der Waals surface area contributed by atoms with Crippen LogP contribution in [0.2, 0.25) is 0 Å². The van der Waals surface area contributed by atoms with E-state index in [1.807, 2.05) is 7.05 Å². The highest BCUT2D eigenvalue weighted by Crippen LogP contribution is 1.89. The fourth-order valence-corrected chi connectivity index (χ4v) is 0.761. The third kappa shape index (κ3) is 7.55. The number of ether oxygens (including phenoxy) is 1.